The van der Waals surface area contributed by atoms with Crippen molar-refractivity contribution in [3.05, 3.63) is 0 Å². The highest BCUT2D eigenvalue weighted by Crippen LogP contribution is 2.15. The third kappa shape index (κ3) is 2.99. The second-order valence-corrected chi connectivity index (χ2v) is 4.03. The van der Waals surface area contributed by atoms with Gasteiger partial charge in [0.05, 0.1) is 0 Å². The lowest BCUT2D eigenvalue weighted by atomic mass is 10.0. The predicted molar refractivity (Wildman–Crippen MR) is 53.6 cm³/mol. The van der Waals surface area contributed by atoms with Gasteiger partial charge in [0.25, 0.3) is 0 Å². The fraction of sp³-hybridized carbons (Fsp3) is 0.900. The molecule has 0 bridgehead atoms. The number of rotatable bonds is 2. The lowest BCUT2D eigenvalue weighted by molar-refractivity contribution is -0.128. The van der Waals surface area contributed by atoms with Gasteiger partial charge in [-0.15, -0.1) is 0 Å². The SMILES string of the molecule is CC(=O)N(C)C[C@H]1CCCCN1C. The topological polar surface area (TPSA) is 23.6 Å². The third-order valence-corrected chi connectivity index (χ3v) is 2.94. The molecule has 3 heteroatoms. The van der Waals surface area contributed by atoms with Crippen LogP contribution in [0.25, 0.3) is 0 Å². The van der Waals surface area contributed by atoms with Gasteiger partial charge in [-0.2, -0.15) is 0 Å². The third-order valence-electron chi connectivity index (χ3n) is 2.94. The molecule has 0 N–H and O–H groups in total. The van der Waals surface area contributed by atoms with Gasteiger partial charge >= 0.3 is 0 Å². The van der Waals surface area contributed by atoms with Gasteiger partial charge in [-0.05, 0) is 26.4 Å². The van der Waals surface area contributed by atoms with E-state index < -0.39 is 0 Å². The predicted octanol–water partition coefficient (Wildman–Crippen LogP) is 0.949. The largest absolute Gasteiger partial charge is 0.344 e. The van der Waals surface area contributed by atoms with E-state index in [2.05, 4.69) is 11.9 Å². The standard InChI is InChI=1S/C10H20N2O/c1-9(13)12(3)8-10-6-4-5-7-11(10)2/h10H,4-8H2,1-3H3/t10-/m1/s1. The van der Waals surface area contributed by atoms with Gasteiger partial charge in [-0.25, -0.2) is 0 Å². The fourth-order valence-corrected chi connectivity index (χ4v) is 1.82. The Labute approximate surface area is 80.7 Å². The van der Waals surface area contributed by atoms with Gasteiger partial charge in [0, 0.05) is 26.6 Å². The van der Waals surface area contributed by atoms with Crippen LogP contribution in [0, 0.1) is 0 Å². The molecule has 0 saturated carbocycles. The van der Waals surface area contributed by atoms with Crippen LogP contribution in [0.15, 0.2) is 0 Å². The Morgan fingerprint density at radius 2 is 2.23 bits per heavy atom. The zero-order valence-electron chi connectivity index (χ0n) is 8.92. The van der Waals surface area contributed by atoms with Crippen LogP contribution in [0.5, 0.6) is 0 Å². The number of hydrogen-bond acceptors (Lipinski definition) is 2. The van der Waals surface area contributed by atoms with E-state index >= 15 is 0 Å². The van der Waals surface area contributed by atoms with Crippen molar-refractivity contribution in [2.75, 3.05) is 27.2 Å². The molecule has 0 radical (unpaired) electrons. The van der Waals surface area contributed by atoms with Crippen molar-refractivity contribution in [3.63, 3.8) is 0 Å². The highest BCUT2D eigenvalue weighted by Gasteiger charge is 2.20. The first kappa shape index (κ1) is 10.5. The van der Waals surface area contributed by atoms with Gasteiger partial charge in [0.15, 0.2) is 0 Å². The van der Waals surface area contributed by atoms with E-state index in [0.717, 1.165) is 6.54 Å². The fourth-order valence-electron chi connectivity index (χ4n) is 1.82. The molecule has 0 unspecified atom stereocenters. The average Bonchev–Trinajstić information content (AvgIpc) is 2.08. The van der Waals surface area contributed by atoms with Crippen molar-refractivity contribution in [1.82, 2.24) is 9.80 Å². The van der Waals surface area contributed by atoms with Crippen molar-refractivity contribution in [3.8, 4) is 0 Å². The Kier molecular flexibility index (Phi) is 3.72. The summed E-state index contributed by atoms with van der Waals surface area (Å²) in [6, 6.07) is 0.572. The smallest absolute Gasteiger partial charge is 0.219 e. The van der Waals surface area contributed by atoms with Crippen LogP contribution in [0.2, 0.25) is 0 Å². The summed E-state index contributed by atoms with van der Waals surface area (Å²) in [7, 11) is 4.03. The summed E-state index contributed by atoms with van der Waals surface area (Å²) in [6.45, 7) is 3.69. The number of carbonyl (C=O) groups excluding carboxylic acids is 1. The normalized spacial score (nSPS) is 24.4. The molecule has 3 nitrogen and oxygen atoms in total. The monoisotopic (exact) mass is 184 g/mol. The Morgan fingerprint density at radius 1 is 1.54 bits per heavy atom. The van der Waals surface area contributed by atoms with Gasteiger partial charge in [-0.1, -0.05) is 6.42 Å². The van der Waals surface area contributed by atoms with Gasteiger partial charge < -0.3 is 9.80 Å². The molecule has 0 spiro atoms. The highest BCUT2D eigenvalue weighted by atomic mass is 16.2. The van der Waals surface area contributed by atoms with Crippen LogP contribution in [0.1, 0.15) is 26.2 Å². The van der Waals surface area contributed by atoms with Crippen LogP contribution < -0.4 is 0 Å². The molecule has 1 heterocycles. The van der Waals surface area contributed by atoms with Crippen molar-refractivity contribution in [1.29, 1.82) is 0 Å². The molecule has 1 aliphatic rings. The lowest BCUT2D eigenvalue weighted by Crippen LogP contribution is -2.44. The van der Waals surface area contributed by atoms with E-state index in [-0.39, 0.29) is 5.91 Å². The molecular formula is C10H20N2O. The molecule has 1 atom stereocenters. The summed E-state index contributed by atoms with van der Waals surface area (Å²) in [4.78, 5) is 15.2. The molecule has 0 aromatic carbocycles. The van der Waals surface area contributed by atoms with Crippen LogP contribution in [0.3, 0.4) is 0 Å². The van der Waals surface area contributed by atoms with E-state index in [4.69, 9.17) is 0 Å². The quantitative estimate of drug-likeness (QED) is 0.638. The first-order valence-electron chi connectivity index (χ1n) is 5.03. The summed E-state index contributed by atoms with van der Waals surface area (Å²) in [5.41, 5.74) is 0. The lowest BCUT2D eigenvalue weighted by Gasteiger charge is -2.34. The van der Waals surface area contributed by atoms with E-state index in [9.17, 15) is 4.79 Å². The number of piperidine rings is 1. The number of carbonyl (C=O) groups is 1. The van der Waals surface area contributed by atoms with E-state index in [1.807, 2.05) is 11.9 Å². The molecule has 1 saturated heterocycles. The van der Waals surface area contributed by atoms with E-state index in [1.165, 1.54) is 25.8 Å². The second-order valence-electron chi connectivity index (χ2n) is 4.03. The number of nitrogens with zero attached hydrogens (tertiary/aromatic N) is 2. The van der Waals surface area contributed by atoms with E-state index in [1.54, 1.807) is 6.92 Å². The summed E-state index contributed by atoms with van der Waals surface area (Å²) >= 11 is 0. The zero-order valence-corrected chi connectivity index (χ0v) is 8.92. The maximum atomic E-state index is 11.0. The average molecular weight is 184 g/mol. The maximum absolute atomic E-state index is 11.0. The molecule has 1 rings (SSSR count). The summed E-state index contributed by atoms with van der Waals surface area (Å²) < 4.78 is 0. The summed E-state index contributed by atoms with van der Waals surface area (Å²) in [6.07, 6.45) is 3.84. The van der Waals surface area contributed by atoms with Gasteiger partial charge in [0.1, 0.15) is 0 Å². The zero-order chi connectivity index (χ0) is 9.84. The van der Waals surface area contributed by atoms with Crippen molar-refractivity contribution in [2.24, 2.45) is 0 Å². The van der Waals surface area contributed by atoms with Crippen molar-refractivity contribution < 1.29 is 4.79 Å². The first-order valence-corrected chi connectivity index (χ1v) is 5.03. The van der Waals surface area contributed by atoms with Crippen LogP contribution >= 0.6 is 0 Å². The van der Waals surface area contributed by atoms with Gasteiger partial charge in [-0.3, -0.25) is 4.79 Å². The molecule has 0 aromatic rings. The number of amides is 1. The van der Waals surface area contributed by atoms with Crippen molar-refractivity contribution >= 4 is 5.91 Å². The molecule has 13 heavy (non-hydrogen) atoms. The maximum Gasteiger partial charge on any atom is 0.219 e. The van der Waals surface area contributed by atoms with Gasteiger partial charge in [0.2, 0.25) is 5.91 Å². The summed E-state index contributed by atoms with van der Waals surface area (Å²) in [5.74, 6) is 0.166. The van der Waals surface area contributed by atoms with Crippen LogP contribution in [-0.2, 0) is 4.79 Å². The minimum atomic E-state index is 0.166. The Hall–Kier alpha value is -0.570. The minimum Gasteiger partial charge on any atom is -0.344 e. The first-order chi connectivity index (χ1) is 6.11. The number of likely N-dealkylation sites (N-methyl/N-ethyl adjacent to an activating group) is 2. The van der Waals surface area contributed by atoms with Crippen molar-refractivity contribution in [2.45, 2.75) is 32.2 Å². The molecule has 76 valence electrons. The molecule has 1 fully saturated rings. The highest BCUT2D eigenvalue weighted by molar-refractivity contribution is 5.72. The molecule has 1 aliphatic heterocycles. The number of likely N-dealkylation sites (tertiary alicyclic amines) is 1. The molecule has 1 amide bonds. The molecular weight excluding hydrogens is 164 g/mol. The Bertz CT molecular complexity index is 182. The Morgan fingerprint density at radius 3 is 2.77 bits per heavy atom. The molecule has 0 aliphatic carbocycles. The van der Waals surface area contributed by atoms with E-state index in [0.29, 0.717) is 6.04 Å². The molecule has 0 aromatic heterocycles. The Balaban J connectivity index is 2.37. The van der Waals surface area contributed by atoms with Crippen LogP contribution in [-0.4, -0.2) is 48.9 Å². The number of hydrogen-bond donors (Lipinski definition) is 0. The second kappa shape index (κ2) is 4.61. The summed E-state index contributed by atoms with van der Waals surface area (Å²) in [5, 5.41) is 0. The minimum absolute atomic E-state index is 0.166. The van der Waals surface area contributed by atoms with Crippen LogP contribution in [0.4, 0.5) is 0 Å².